The molecule has 0 saturated carbocycles. The molecule has 0 spiro atoms. The van der Waals surface area contributed by atoms with Gasteiger partial charge in [-0.25, -0.2) is 14.6 Å². The molecular formula is C36H45N7O3Si. The molecule has 2 aromatic carbocycles. The van der Waals surface area contributed by atoms with E-state index in [1.807, 2.05) is 73.1 Å². The number of benzene rings is 2. The molecule has 1 amide bonds. The molecule has 1 fully saturated rings. The molecule has 2 aromatic heterocycles. The van der Waals surface area contributed by atoms with Gasteiger partial charge in [-0.05, 0) is 67.4 Å². The summed E-state index contributed by atoms with van der Waals surface area (Å²) in [6.45, 7) is 16.4. The highest BCUT2D eigenvalue weighted by Gasteiger charge is 2.38. The van der Waals surface area contributed by atoms with Gasteiger partial charge < -0.3 is 19.8 Å². The van der Waals surface area contributed by atoms with Crippen LogP contribution in [0.1, 0.15) is 53.5 Å². The third-order valence-electron chi connectivity index (χ3n) is 9.15. The predicted octanol–water partition coefficient (Wildman–Crippen LogP) is 7.53. The van der Waals surface area contributed by atoms with Crippen LogP contribution < -0.4 is 10.5 Å². The van der Waals surface area contributed by atoms with E-state index in [-0.39, 0.29) is 22.6 Å². The standard InChI is InChI=1S/C36H45N7O3Si/c1-35(2,3)47(6,7)45-23-36(4,5)20-26(21-37)34(44)42-19-11-12-27(22-42)43-33-30(32(38)39-24-40-33)31(41-43)25-15-17-29(18-16-25)46-28-13-9-8-10-14-28/h8-10,13-18,20,24,27H,11-12,19,22-23H2,1-7H3,(H2,38,39,40). The molecule has 1 aliphatic heterocycles. The van der Waals surface area contributed by atoms with E-state index >= 15 is 0 Å². The Hall–Kier alpha value is -4.53. The molecular weight excluding hydrogens is 607 g/mol. The van der Waals surface area contributed by atoms with Gasteiger partial charge in [0, 0.05) is 30.7 Å². The molecule has 11 heteroatoms. The molecule has 1 aliphatic rings. The molecule has 246 valence electrons. The zero-order valence-electron chi connectivity index (χ0n) is 28.4. The van der Waals surface area contributed by atoms with Crippen LogP contribution in [0.2, 0.25) is 18.1 Å². The number of nitrogens with two attached hydrogens (primary N) is 1. The van der Waals surface area contributed by atoms with E-state index in [2.05, 4.69) is 49.9 Å². The number of para-hydroxylation sites is 1. The van der Waals surface area contributed by atoms with Crippen molar-refractivity contribution < 1.29 is 14.0 Å². The van der Waals surface area contributed by atoms with Gasteiger partial charge in [0.1, 0.15) is 41.0 Å². The minimum atomic E-state index is -1.99. The highest BCUT2D eigenvalue weighted by molar-refractivity contribution is 6.74. The smallest absolute Gasteiger partial charge is 0.264 e. The Morgan fingerprint density at radius 2 is 1.74 bits per heavy atom. The lowest BCUT2D eigenvalue weighted by Crippen LogP contribution is -2.43. The number of nitriles is 1. The molecule has 2 N–H and O–H groups in total. The molecule has 1 unspecified atom stereocenters. The maximum atomic E-state index is 13.8. The second kappa shape index (κ2) is 13.3. The first-order chi connectivity index (χ1) is 22.2. The lowest BCUT2D eigenvalue weighted by molar-refractivity contribution is -0.128. The van der Waals surface area contributed by atoms with Gasteiger partial charge in [0.25, 0.3) is 5.91 Å². The molecule has 0 aliphatic carbocycles. The van der Waals surface area contributed by atoms with Crippen molar-refractivity contribution >= 4 is 31.1 Å². The highest BCUT2D eigenvalue weighted by atomic mass is 28.4. The van der Waals surface area contributed by atoms with Crippen LogP contribution in [-0.2, 0) is 9.22 Å². The van der Waals surface area contributed by atoms with Crippen molar-refractivity contribution in [2.75, 3.05) is 25.4 Å². The quantitative estimate of drug-likeness (QED) is 0.112. The summed E-state index contributed by atoms with van der Waals surface area (Å²) in [4.78, 5) is 24.3. The van der Waals surface area contributed by atoms with Gasteiger partial charge in [0.2, 0.25) is 0 Å². The first-order valence-corrected chi connectivity index (χ1v) is 19.0. The normalized spacial score (nSPS) is 16.3. The fourth-order valence-corrected chi connectivity index (χ4v) is 6.59. The Bertz CT molecular complexity index is 1800. The second-order valence-corrected chi connectivity index (χ2v) is 19.3. The number of likely N-dealkylation sites (tertiary alicyclic amines) is 1. The van der Waals surface area contributed by atoms with Crippen molar-refractivity contribution in [3.8, 4) is 28.8 Å². The summed E-state index contributed by atoms with van der Waals surface area (Å²) in [5.74, 6) is 1.51. The van der Waals surface area contributed by atoms with Gasteiger partial charge in [0.15, 0.2) is 14.0 Å². The average molecular weight is 652 g/mol. The van der Waals surface area contributed by atoms with Crippen molar-refractivity contribution in [1.82, 2.24) is 24.6 Å². The van der Waals surface area contributed by atoms with Gasteiger partial charge in [-0.15, -0.1) is 0 Å². The van der Waals surface area contributed by atoms with Gasteiger partial charge in [0.05, 0.1) is 11.4 Å². The van der Waals surface area contributed by atoms with Crippen LogP contribution in [0.4, 0.5) is 5.82 Å². The molecule has 1 atom stereocenters. The summed E-state index contributed by atoms with van der Waals surface area (Å²) in [5, 5.41) is 15.8. The Kier molecular flexibility index (Phi) is 9.57. The van der Waals surface area contributed by atoms with Crippen LogP contribution in [0.5, 0.6) is 11.5 Å². The molecule has 0 bridgehead atoms. The van der Waals surface area contributed by atoms with Gasteiger partial charge in [-0.3, -0.25) is 4.79 Å². The molecule has 47 heavy (non-hydrogen) atoms. The number of hydrogen-bond acceptors (Lipinski definition) is 8. The van der Waals surface area contributed by atoms with Crippen LogP contribution in [0.15, 0.2) is 72.6 Å². The van der Waals surface area contributed by atoms with E-state index in [0.29, 0.717) is 48.0 Å². The maximum absolute atomic E-state index is 13.8. The number of nitrogen functional groups attached to an aromatic ring is 1. The van der Waals surface area contributed by atoms with E-state index in [1.54, 1.807) is 11.0 Å². The van der Waals surface area contributed by atoms with E-state index in [1.165, 1.54) is 6.33 Å². The molecule has 5 rings (SSSR count). The first-order valence-electron chi connectivity index (χ1n) is 16.1. The Morgan fingerprint density at radius 1 is 1.06 bits per heavy atom. The van der Waals surface area contributed by atoms with Crippen molar-refractivity contribution in [3.63, 3.8) is 0 Å². The molecule has 4 aromatic rings. The number of fused-ring (bicyclic) bond motifs is 1. The van der Waals surface area contributed by atoms with Gasteiger partial charge in [-0.1, -0.05) is 58.9 Å². The first kappa shape index (κ1) is 33.8. The number of carbonyl (C=O) groups excluding carboxylic acids is 1. The zero-order chi connectivity index (χ0) is 34.0. The van der Waals surface area contributed by atoms with Gasteiger partial charge >= 0.3 is 0 Å². The average Bonchev–Trinajstić information content (AvgIpc) is 3.44. The number of aromatic nitrogens is 4. The largest absolute Gasteiger partial charge is 0.457 e. The number of anilines is 1. The minimum absolute atomic E-state index is 0.0653. The van der Waals surface area contributed by atoms with Gasteiger partial charge in [-0.2, -0.15) is 10.4 Å². The molecule has 10 nitrogen and oxygen atoms in total. The summed E-state index contributed by atoms with van der Waals surface area (Å²) >= 11 is 0. The van der Waals surface area contributed by atoms with Crippen LogP contribution >= 0.6 is 0 Å². The zero-order valence-corrected chi connectivity index (χ0v) is 29.4. The van der Waals surface area contributed by atoms with Crippen LogP contribution in [-0.4, -0.2) is 58.6 Å². The Balaban J connectivity index is 1.37. The summed E-state index contributed by atoms with van der Waals surface area (Å²) in [6, 6.07) is 19.3. The fraction of sp³-hybridized carbons (Fsp3) is 0.417. The summed E-state index contributed by atoms with van der Waals surface area (Å²) in [7, 11) is -1.99. The predicted molar refractivity (Wildman–Crippen MR) is 187 cm³/mol. The number of ether oxygens (including phenoxy) is 1. The lowest BCUT2D eigenvalue weighted by Gasteiger charge is -2.38. The summed E-state index contributed by atoms with van der Waals surface area (Å²) < 4.78 is 14.3. The number of carbonyl (C=O) groups is 1. The third-order valence-corrected chi connectivity index (χ3v) is 13.6. The van der Waals surface area contributed by atoms with Crippen molar-refractivity contribution in [2.45, 2.75) is 71.6 Å². The lowest BCUT2D eigenvalue weighted by atomic mass is 9.91. The van der Waals surface area contributed by atoms with E-state index < -0.39 is 13.7 Å². The fourth-order valence-electron chi connectivity index (χ4n) is 5.42. The topological polar surface area (TPSA) is 132 Å². The van der Waals surface area contributed by atoms with Crippen LogP contribution in [0.3, 0.4) is 0 Å². The van der Waals surface area contributed by atoms with Crippen molar-refractivity contribution in [3.05, 3.63) is 72.6 Å². The van der Waals surface area contributed by atoms with Crippen LogP contribution in [0, 0.1) is 16.7 Å². The molecule has 1 saturated heterocycles. The van der Waals surface area contributed by atoms with E-state index in [4.69, 9.17) is 20.0 Å². The van der Waals surface area contributed by atoms with Crippen molar-refractivity contribution in [1.29, 1.82) is 5.26 Å². The summed E-state index contributed by atoms with van der Waals surface area (Å²) in [6.07, 6.45) is 4.76. The SMILES string of the molecule is CC(C)(C=C(C#N)C(=O)N1CCCC(n2nc(-c3ccc(Oc4ccccc4)cc3)c3c(N)ncnc32)C1)CO[Si](C)(C)C(C)(C)C. The Labute approximate surface area is 278 Å². The maximum Gasteiger partial charge on any atom is 0.264 e. The number of amides is 1. The molecule has 0 radical (unpaired) electrons. The highest BCUT2D eigenvalue weighted by Crippen LogP contribution is 2.38. The number of piperidine rings is 1. The summed E-state index contributed by atoms with van der Waals surface area (Å²) in [5.41, 5.74) is 8.14. The molecule has 3 heterocycles. The monoisotopic (exact) mass is 651 g/mol. The number of nitrogens with zero attached hydrogens (tertiary/aromatic N) is 6. The van der Waals surface area contributed by atoms with E-state index in [0.717, 1.165) is 24.2 Å². The number of hydrogen-bond donors (Lipinski definition) is 1. The minimum Gasteiger partial charge on any atom is -0.457 e. The van der Waals surface area contributed by atoms with Crippen LogP contribution in [0.25, 0.3) is 22.3 Å². The number of rotatable bonds is 9. The van der Waals surface area contributed by atoms with E-state index in [9.17, 15) is 10.1 Å². The Morgan fingerprint density at radius 3 is 2.40 bits per heavy atom. The third kappa shape index (κ3) is 7.55. The second-order valence-electron chi connectivity index (χ2n) is 14.4. The van der Waals surface area contributed by atoms with Crippen molar-refractivity contribution in [2.24, 2.45) is 5.41 Å².